The molecule has 0 saturated carbocycles. The van der Waals surface area contributed by atoms with Crippen molar-refractivity contribution in [2.45, 2.75) is 51.1 Å². The number of hydrogen-bond acceptors (Lipinski definition) is 3. The molecule has 92 valence electrons. The highest BCUT2D eigenvalue weighted by Crippen LogP contribution is 2.22. The fourth-order valence-corrected chi connectivity index (χ4v) is 2.62. The highest BCUT2D eigenvalue weighted by molar-refractivity contribution is 7.80. The standard InChI is InChI=1S/C11H21N3OS/c1-2-8(7-10(12)16)14-6-4-3-5-9(14)11(13)15/h8-9H,2-7H2,1H3,(H2,12,16)(H2,13,15). The molecule has 2 atom stereocenters. The number of rotatable bonds is 5. The average molecular weight is 243 g/mol. The summed E-state index contributed by atoms with van der Waals surface area (Å²) in [5, 5.41) is 0. The van der Waals surface area contributed by atoms with Gasteiger partial charge < -0.3 is 11.5 Å². The van der Waals surface area contributed by atoms with Gasteiger partial charge >= 0.3 is 0 Å². The molecule has 0 aromatic carbocycles. The third kappa shape index (κ3) is 3.42. The predicted molar refractivity (Wildman–Crippen MR) is 69.0 cm³/mol. The summed E-state index contributed by atoms with van der Waals surface area (Å²) >= 11 is 4.95. The van der Waals surface area contributed by atoms with E-state index in [2.05, 4.69) is 11.8 Å². The molecule has 5 heteroatoms. The molecule has 0 aromatic heterocycles. The maximum absolute atomic E-state index is 11.4. The zero-order chi connectivity index (χ0) is 12.1. The molecule has 4 N–H and O–H groups in total. The van der Waals surface area contributed by atoms with Crippen molar-refractivity contribution in [3.63, 3.8) is 0 Å². The van der Waals surface area contributed by atoms with E-state index in [0.717, 1.165) is 32.2 Å². The molecule has 1 fully saturated rings. The summed E-state index contributed by atoms with van der Waals surface area (Å²) in [5.74, 6) is -0.221. The van der Waals surface area contributed by atoms with Gasteiger partial charge in [-0.1, -0.05) is 25.6 Å². The van der Waals surface area contributed by atoms with Crippen molar-refractivity contribution in [3.8, 4) is 0 Å². The van der Waals surface area contributed by atoms with Gasteiger partial charge in [0, 0.05) is 12.5 Å². The van der Waals surface area contributed by atoms with Gasteiger partial charge in [-0.25, -0.2) is 0 Å². The monoisotopic (exact) mass is 243 g/mol. The number of nitrogens with zero attached hydrogens (tertiary/aromatic N) is 1. The Morgan fingerprint density at radius 3 is 2.69 bits per heavy atom. The highest BCUT2D eigenvalue weighted by atomic mass is 32.1. The van der Waals surface area contributed by atoms with Crippen molar-refractivity contribution < 1.29 is 4.79 Å². The van der Waals surface area contributed by atoms with Crippen molar-refractivity contribution in [3.05, 3.63) is 0 Å². The molecule has 1 rings (SSSR count). The molecule has 1 heterocycles. The van der Waals surface area contributed by atoms with Crippen LogP contribution in [0.5, 0.6) is 0 Å². The summed E-state index contributed by atoms with van der Waals surface area (Å²) in [6.45, 7) is 3.02. The second-order valence-electron chi connectivity index (χ2n) is 4.38. The van der Waals surface area contributed by atoms with E-state index in [1.165, 1.54) is 0 Å². The number of thiocarbonyl (C=S) groups is 1. The highest BCUT2D eigenvalue weighted by Gasteiger charge is 2.31. The van der Waals surface area contributed by atoms with Crippen LogP contribution in [0.3, 0.4) is 0 Å². The first-order valence-corrected chi connectivity index (χ1v) is 6.30. The summed E-state index contributed by atoms with van der Waals surface area (Å²) in [4.78, 5) is 14.1. The molecule has 4 nitrogen and oxygen atoms in total. The minimum absolute atomic E-state index is 0.131. The van der Waals surface area contributed by atoms with Gasteiger partial charge in [-0.2, -0.15) is 0 Å². The van der Waals surface area contributed by atoms with Crippen LogP contribution >= 0.6 is 12.2 Å². The number of likely N-dealkylation sites (tertiary alicyclic amines) is 1. The van der Waals surface area contributed by atoms with Gasteiger partial charge in [0.15, 0.2) is 0 Å². The normalized spacial score (nSPS) is 23.9. The molecule has 1 aliphatic heterocycles. The minimum atomic E-state index is -0.221. The molecule has 2 unspecified atom stereocenters. The van der Waals surface area contributed by atoms with E-state index in [4.69, 9.17) is 23.7 Å². The van der Waals surface area contributed by atoms with Crippen molar-refractivity contribution >= 4 is 23.1 Å². The van der Waals surface area contributed by atoms with Crippen LogP contribution in [-0.2, 0) is 4.79 Å². The van der Waals surface area contributed by atoms with Gasteiger partial charge in [-0.3, -0.25) is 9.69 Å². The molecule has 1 saturated heterocycles. The number of carbonyl (C=O) groups excluding carboxylic acids is 1. The molecule has 0 aromatic rings. The van der Waals surface area contributed by atoms with Crippen molar-refractivity contribution in [1.29, 1.82) is 0 Å². The Kier molecular flexibility index (Phi) is 5.15. The summed E-state index contributed by atoms with van der Waals surface area (Å²) in [5.41, 5.74) is 11.0. The average Bonchev–Trinajstić information content (AvgIpc) is 2.25. The molecule has 0 bridgehead atoms. The van der Waals surface area contributed by atoms with Crippen LogP contribution in [0.15, 0.2) is 0 Å². The number of carbonyl (C=O) groups is 1. The molecular weight excluding hydrogens is 222 g/mol. The van der Waals surface area contributed by atoms with Crippen LogP contribution in [0.1, 0.15) is 39.0 Å². The summed E-state index contributed by atoms with van der Waals surface area (Å²) in [6, 6.07) is 0.128. The largest absolute Gasteiger partial charge is 0.393 e. The van der Waals surface area contributed by atoms with E-state index in [1.807, 2.05) is 0 Å². The Labute approximate surface area is 102 Å². The lowest BCUT2D eigenvalue weighted by molar-refractivity contribution is -0.125. The Morgan fingerprint density at radius 1 is 1.50 bits per heavy atom. The van der Waals surface area contributed by atoms with Crippen LogP contribution in [0, 0.1) is 0 Å². The van der Waals surface area contributed by atoms with Crippen molar-refractivity contribution in [1.82, 2.24) is 4.90 Å². The van der Waals surface area contributed by atoms with Crippen LogP contribution in [0.4, 0.5) is 0 Å². The first-order chi connectivity index (χ1) is 7.56. The second-order valence-corrected chi connectivity index (χ2v) is 4.91. The van der Waals surface area contributed by atoms with Crippen molar-refractivity contribution in [2.24, 2.45) is 11.5 Å². The third-order valence-corrected chi connectivity index (χ3v) is 3.42. The fraction of sp³-hybridized carbons (Fsp3) is 0.818. The SMILES string of the molecule is CCC(CC(N)=S)N1CCCCC1C(N)=O. The Hall–Kier alpha value is -0.680. The van der Waals surface area contributed by atoms with E-state index in [-0.39, 0.29) is 18.0 Å². The zero-order valence-corrected chi connectivity index (χ0v) is 10.6. The van der Waals surface area contributed by atoms with E-state index >= 15 is 0 Å². The van der Waals surface area contributed by atoms with E-state index in [1.54, 1.807) is 0 Å². The number of hydrogen-bond donors (Lipinski definition) is 2. The van der Waals surface area contributed by atoms with Gasteiger partial charge in [-0.05, 0) is 25.8 Å². The van der Waals surface area contributed by atoms with Crippen LogP contribution in [0.2, 0.25) is 0 Å². The quantitative estimate of drug-likeness (QED) is 0.700. The van der Waals surface area contributed by atoms with Crippen LogP contribution in [0.25, 0.3) is 0 Å². The fourth-order valence-electron chi connectivity index (χ4n) is 2.42. The minimum Gasteiger partial charge on any atom is -0.393 e. The first-order valence-electron chi connectivity index (χ1n) is 5.89. The Balaban J connectivity index is 2.71. The second kappa shape index (κ2) is 6.15. The molecule has 1 amide bonds. The lowest BCUT2D eigenvalue weighted by Gasteiger charge is -2.39. The molecular formula is C11H21N3OS. The number of nitrogens with two attached hydrogens (primary N) is 2. The summed E-state index contributed by atoms with van der Waals surface area (Å²) in [6.07, 6.45) is 4.69. The third-order valence-electron chi connectivity index (χ3n) is 3.25. The zero-order valence-electron chi connectivity index (χ0n) is 9.82. The van der Waals surface area contributed by atoms with Crippen LogP contribution in [-0.4, -0.2) is 34.4 Å². The summed E-state index contributed by atoms with van der Waals surface area (Å²) < 4.78 is 0. The van der Waals surface area contributed by atoms with Gasteiger partial charge in [0.1, 0.15) is 0 Å². The Bertz CT molecular complexity index is 270. The van der Waals surface area contributed by atoms with Gasteiger partial charge in [0.05, 0.1) is 11.0 Å². The molecule has 16 heavy (non-hydrogen) atoms. The van der Waals surface area contributed by atoms with Gasteiger partial charge in [-0.15, -0.1) is 0 Å². The number of amides is 1. The van der Waals surface area contributed by atoms with E-state index in [9.17, 15) is 4.79 Å². The molecule has 0 radical (unpaired) electrons. The topological polar surface area (TPSA) is 72.3 Å². The summed E-state index contributed by atoms with van der Waals surface area (Å²) in [7, 11) is 0. The lowest BCUT2D eigenvalue weighted by atomic mass is 9.97. The molecule has 0 spiro atoms. The predicted octanol–water partition coefficient (Wildman–Crippen LogP) is 0.781. The van der Waals surface area contributed by atoms with Crippen molar-refractivity contribution in [2.75, 3.05) is 6.54 Å². The first kappa shape index (κ1) is 13.4. The number of piperidine rings is 1. The Morgan fingerprint density at radius 2 is 2.19 bits per heavy atom. The van der Waals surface area contributed by atoms with E-state index < -0.39 is 0 Å². The smallest absolute Gasteiger partial charge is 0.234 e. The maximum atomic E-state index is 11.4. The van der Waals surface area contributed by atoms with Crippen LogP contribution < -0.4 is 11.5 Å². The maximum Gasteiger partial charge on any atom is 0.234 e. The van der Waals surface area contributed by atoms with Gasteiger partial charge in [0.25, 0.3) is 0 Å². The molecule has 1 aliphatic rings. The molecule has 0 aliphatic carbocycles. The number of primary amides is 1. The van der Waals surface area contributed by atoms with Gasteiger partial charge in [0.2, 0.25) is 5.91 Å². The van der Waals surface area contributed by atoms with E-state index in [0.29, 0.717) is 11.4 Å². The lowest BCUT2D eigenvalue weighted by Crippen LogP contribution is -2.52.